The van der Waals surface area contributed by atoms with Crippen molar-refractivity contribution in [2.75, 3.05) is 24.5 Å². The van der Waals surface area contributed by atoms with Crippen molar-refractivity contribution in [3.8, 4) is 5.75 Å². The third kappa shape index (κ3) is 6.71. The van der Waals surface area contributed by atoms with Crippen molar-refractivity contribution in [1.82, 2.24) is 5.32 Å². The van der Waals surface area contributed by atoms with Crippen molar-refractivity contribution in [3.05, 3.63) is 54.1 Å². The summed E-state index contributed by atoms with van der Waals surface area (Å²) in [6.45, 7) is 5.45. The molecule has 1 fully saturated rings. The molecule has 1 aliphatic carbocycles. The van der Waals surface area contributed by atoms with Gasteiger partial charge in [0, 0.05) is 17.8 Å². The molecule has 2 aromatic carbocycles. The second-order valence-electron chi connectivity index (χ2n) is 8.02. The van der Waals surface area contributed by atoms with E-state index in [4.69, 9.17) is 9.47 Å². The minimum Gasteiger partial charge on any atom is -0.494 e. The molecule has 8 heteroatoms. The molecule has 32 heavy (non-hydrogen) atoms. The molecule has 0 saturated heterocycles. The highest BCUT2D eigenvalue weighted by atomic mass is 32.2. The first kappa shape index (κ1) is 24.1. The van der Waals surface area contributed by atoms with Crippen LogP contribution in [-0.4, -0.2) is 40.2 Å². The lowest BCUT2D eigenvalue weighted by Gasteiger charge is -2.28. The predicted octanol–water partition coefficient (Wildman–Crippen LogP) is 4.21. The lowest BCUT2D eigenvalue weighted by Crippen LogP contribution is -2.31. The topological polar surface area (TPSA) is 93.7 Å². The summed E-state index contributed by atoms with van der Waals surface area (Å²) >= 11 is 0. The third-order valence-corrected chi connectivity index (χ3v) is 6.97. The van der Waals surface area contributed by atoms with E-state index in [1.54, 1.807) is 30.3 Å². The van der Waals surface area contributed by atoms with Gasteiger partial charge in [-0.05, 0) is 68.1 Å². The van der Waals surface area contributed by atoms with Crippen LogP contribution in [0.2, 0.25) is 0 Å². The Bertz CT molecular complexity index is 992. The Hall–Kier alpha value is -2.58. The standard InChI is InChI=1S/C24H32N2O5S/c1-3-30-21-11-13-22(14-12-21)32(28,29)26-20-9-6-8-19(17-20)24(27)25-15-16-31-23-10-5-4-7-18(23)2/h6,8-9,11-14,17-18,23,26H,3-5,7,10,15-16H2,1-2H3,(H,25,27). The van der Waals surface area contributed by atoms with E-state index >= 15 is 0 Å². The number of ether oxygens (including phenoxy) is 2. The zero-order valence-electron chi connectivity index (χ0n) is 18.7. The maximum Gasteiger partial charge on any atom is 0.261 e. The van der Waals surface area contributed by atoms with Crippen LogP contribution in [0.5, 0.6) is 5.75 Å². The van der Waals surface area contributed by atoms with Crippen molar-refractivity contribution in [2.45, 2.75) is 50.5 Å². The van der Waals surface area contributed by atoms with Crippen LogP contribution in [0, 0.1) is 5.92 Å². The fourth-order valence-corrected chi connectivity index (χ4v) is 4.88. The van der Waals surface area contributed by atoms with Crippen LogP contribution in [0.15, 0.2) is 53.4 Å². The molecule has 1 amide bonds. The summed E-state index contributed by atoms with van der Waals surface area (Å²) in [7, 11) is -3.78. The number of hydrogen-bond donors (Lipinski definition) is 2. The van der Waals surface area contributed by atoms with Crippen LogP contribution in [0.1, 0.15) is 49.9 Å². The number of sulfonamides is 1. The average molecular weight is 461 g/mol. The predicted molar refractivity (Wildman–Crippen MR) is 125 cm³/mol. The number of rotatable bonds is 10. The summed E-state index contributed by atoms with van der Waals surface area (Å²) in [4.78, 5) is 12.6. The largest absolute Gasteiger partial charge is 0.494 e. The molecule has 2 unspecified atom stereocenters. The summed E-state index contributed by atoms with van der Waals surface area (Å²) in [5.74, 6) is 0.888. The molecule has 174 valence electrons. The van der Waals surface area contributed by atoms with Gasteiger partial charge in [0.1, 0.15) is 5.75 Å². The first-order chi connectivity index (χ1) is 15.4. The maximum absolute atomic E-state index is 12.7. The molecule has 0 aliphatic heterocycles. The molecule has 0 radical (unpaired) electrons. The Morgan fingerprint density at radius 2 is 1.84 bits per heavy atom. The van der Waals surface area contributed by atoms with Crippen molar-refractivity contribution in [1.29, 1.82) is 0 Å². The molecule has 3 rings (SSSR count). The number of anilines is 1. The Balaban J connectivity index is 1.54. The van der Waals surface area contributed by atoms with Gasteiger partial charge >= 0.3 is 0 Å². The molecule has 2 aromatic rings. The summed E-state index contributed by atoms with van der Waals surface area (Å²) < 4.78 is 39.1. The number of carbonyl (C=O) groups is 1. The Kier molecular flexibility index (Phi) is 8.53. The van der Waals surface area contributed by atoms with Gasteiger partial charge in [0.15, 0.2) is 0 Å². The highest BCUT2D eigenvalue weighted by molar-refractivity contribution is 7.92. The normalized spacial score (nSPS) is 18.7. The van der Waals surface area contributed by atoms with E-state index in [-0.39, 0.29) is 16.9 Å². The fraction of sp³-hybridized carbons (Fsp3) is 0.458. The molecular weight excluding hydrogens is 428 g/mol. The fourth-order valence-electron chi connectivity index (χ4n) is 3.83. The van der Waals surface area contributed by atoms with E-state index in [1.807, 2.05) is 6.92 Å². The van der Waals surface area contributed by atoms with Gasteiger partial charge in [0.25, 0.3) is 15.9 Å². The minimum absolute atomic E-state index is 0.116. The second-order valence-corrected chi connectivity index (χ2v) is 9.70. The highest BCUT2D eigenvalue weighted by Gasteiger charge is 2.21. The van der Waals surface area contributed by atoms with Gasteiger partial charge in [0.2, 0.25) is 0 Å². The van der Waals surface area contributed by atoms with E-state index in [0.717, 1.165) is 6.42 Å². The van der Waals surface area contributed by atoms with Gasteiger partial charge < -0.3 is 14.8 Å². The Morgan fingerprint density at radius 3 is 2.56 bits per heavy atom. The van der Waals surface area contributed by atoms with Gasteiger partial charge in [0.05, 0.1) is 24.2 Å². The van der Waals surface area contributed by atoms with E-state index < -0.39 is 10.0 Å². The molecule has 1 saturated carbocycles. The van der Waals surface area contributed by atoms with Crippen LogP contribution in [0.3, 0.4) is 0 Å². The molecular formula is C24H32N2O5S. The number of amides is 1. The molecule has 2 atom stereocenters. The third-order valence-electron chi connectivity index (χ3n) is 5.57. The zero-order chi connectivity index (χ0) is 23.0. The summed E-state index contributed by atoms with van der Waals surface area (Å²) in [6, 6.07) is 12.6. The molecule has 0 heterocycles. The van der Waals surface area contributed by atoms with Crippen LogP contribution in [0.4, 0.5) is 5.69 Å². The average Bonchev–Trinajstić information content (AvgIpc) is 2.78. The van der Waals surface area contributed by atoms with Gasteiger partial charge in [-0.25, -0.2) is 8.42 Å². The zero-order valence-corrected chi connectivity index (χ0v) is 19.5. The molecule has 2 N–H and O–H groups in total. The summed E-state index contributed by atoms with van der Waals surface area (Å²) in [5.41, 5.74) is 0.696. The number of carbonyl (C=O) groups excluding carboxylic acids is 1. The maximum atomic E-state index is 12.7. The molecule has 1 aliphatic rings. The first-order valence-corrected chi connectivity index (χ1v) is 12.6. The van der Waals surface area contributed by atoms with E-state index in [0.29, 0.717) is 42.7 Å². The van der Waals surface area contributed by atoms with E-state index in [9.17, 15) is 13.2 Å². The Labute approximate surface area is 190 Å². The smallest absolute Gasteiger partial charge is 0.261 e. The summed E-state index contributed by atoms with van der Waals surface area (Å²) in [5, 5.41) is 2.84. The lowest BCUT2D eigenvalue weighted by molar-refractivity contribution is -0.00293. The highest BCUT2D eigenvalue weighted by Crippen LogP contribution is 2.26. The van der Waals surface area contributed by atoms with Crippen molar-refractivity contribution >= 4 is 21.6 Å². The minimum atomic E-state index is -3.78. The number of nitrogens with one attached hydrogen (secondary N) is 2. The quantitative estimate of drug-likeness (QED) is 0.518. The van der Waals surface area contributed by atoms with Gasteiger partial charge in [-0.3, -0.25) is 9.52 Å². The molecule has 7 nitrogen and oxygen atoms in total. The Morgan fingerprint density at radius 1 is 1.09 bits per heavy atom. The molecule has 0 spiro atoms. The van der Waals surface area contributed by atoms with Crippen molar-refractivity contribution in [2.24, 2.45) is 5.92 Å². The second kappa shape index (κ2) is 11.3. The van der Waals surface area contributed by atoms with Crippen LogP contribution in [0.25, 0.3) is 0 Å². The monoisotopic (exact) mass is 460 g/mol. The lowest BCUT2D eigenvalue weighted by atomic mass is 9.88. The van der Waals surface area contributed by atoms with Crippen molar-refractivity contribution < 1.29 is 22.7 Å². The van der Waals surface area contributed by atoms with Crippen molar-refractivity contribution in [3.63, 3.8) is 0 Å². The molecule has 0 aromatic heterocycles. The van der Waals surface area contributed by atoms with Crippen LogP contribution < -0.4 is 14.8 Å². The van der Waals surface area contributed by atoms with Crippen LogP contribution >= 0.6 is 0 Å². The van der Waals surface area contributed by atoms with Gasteiger partial charge in [-0.1, -0.05) is 25.8 Å². The number of benzene rings is 2. The van der Waals surface area contributed by atoms with Crippen LogP contribution in [-0.2, 0) is 14.8 Å². The SMILES string of the molecule is CCOc1ccc(S(=O)(=O)Nc2cccc(C(=O)NCCOC3CCCCC3C)c2)cc1. The first-order valence-electron chi connectivity index (χ1n) is 11.1. The van der Waals surface area contributed by atoms with Gasteiger partial charge in [-0.15, -0.1) is 0 Å². The van der Waals surface area contributed by atoms with E-state index in [2.05, 4.69) is 17.0 Å². The van der Waals surface area contributed by atoms with E-state index in [1.165, 1.54) is 37.5 Å². The van der Waals surface area contributed by atoms with Gasteiger partial charge in [-0.2, -0.15) is 0 Å². The summed E-state index contributed by atoms with van der Waals surface area (Å²) in [6.07, 6.45) is 4.99. The number of hydrogen-bond acceptors (Lipinski definition) is 5. The molecule has 0 bridgehead atoms.